The number of hydrogen-bond acceptors (Lipinski definition) is 5. The third kappa shape index (κ3) is 5.16. The second kappa shape index (κ2) is 8.97. The van der Waals surface area contributed by atoms with Crippen LogP contribution >= 0.6 is 11.6 Å². The van der Waals surface area contributed by atoms with Gasteiger partial charge in [-0.2, -0.15) is 5.26 Å². The summed E-state index contributed by atoms with van der Waals surface area (Å²) in [4.78, 5) is 12.2. The topological polar surface area (TPSA) is 83.4 Å². The van der Waals surface area contributed by atoms with Crippen molar-refractivity contribution in [3.05, 3.63) is 70.4 Å². The maximum atomic E-state index is 12.2. The van der Waals surface area contributed by atoms with Crippen LogP contribution in [0.3, 0.4) is 0 Å². The summed E-state index contributed by atoms with van der Waals surface area (Å²) in [6, 6.07) is 14.9. The molecule has 6 nitrogen and oxygen atoms in total. The highest BCUT2D eigenvalue weighted by atomic mass is 35.5. The first-order valence-electron chi connectivity index (χ1n) is 8.40. The standard InChI is InChI=1S/C20H18ClN3O3/c21-17-3-1-2-14(8-17)6-7-23-12-16(10-22)20(25)24-11-15-4-5-18-19(9-15)27-13-26-18/h1-5,8-9,12,23H,6-7,11,13H2,(H,24,25)/b16-12-. The zero-order valence-corrected chi connectivity index (χ0v) is 15.3. The average Bonchev–Trinajstić information content (AvgIpc) is 3.14. The van der Waals surface area contributed by atoms with Crippen LogP contribution < -0.4 is 20.1 Å². The predicted molar refractivity (Wildman–Crippen MR) is 101 cm³/mol. The molecule has 1 amide bonds. The Bertz CT molecular complexity index is 906. The van der Waals surface area contributed by atoms with Gasteiger partial charge >= 0.3 is 0 Å². The van der Waals surface area contributed by atoms with Crippen molar-refractivity contribution < 1.29 is 14.3 Å². The van der Waals surface area contributed by atoms with Crippen LogP contribution in [0.4, 0.5) is 0 Å². The molecule has 2 aromatic carbocycles. The fraction of sp³-hybridized carbons (Fsp3) is 0.200. The average molecular weight is 384 g/mol. The number of nitriles is 1. The second-order valence-corrected chi connectivity index (χ2v) is 6.31. The van der Waals surface area contributed by atoms with E-state index in [2.05, 4.69) is 10.6 Å². The van der Waals surface area contributed by atoms with E-state index < -0.39 is 5.91 Å². The van der Waals surface area contributed by atoms with Crippen LogP contribution in [0.2, 0.25) is 5.02 Å². The van der Waals surface area contributed by atoms with Crippen LogP contribution in [0, 0.1) is 11.3 Å². The third-order valence-electron chi connectivity index (χ3n) is 3.95. The summed E-state index contributed by atoms with van der Waals surface area (Å²) in [5.74, 6) is 0.900. The van der Waals surface area contributed by atoms with Gasteiger partial charge in [-0.1, -0.05) is 29.8 Å². The van der Waals surface area contributed by atoms with Crippen LogP contribution in [0.25, 0.3) is 0 Å². The molecule has 0 spiro atoms. The molecule has 0 saturated carbocycles. The number of nitrogens with zero attached hydrogens (tertiary/aromatic N) is 1. The number of halogens is 1. The van der Waals surface area contributed by atoms with E-state index >= 15 is 0 Å². The number of carbonyl (C=O) groups is 1. The summed E-state index contributed by atoms with van der Waals surface area (Å²) in [7, 11) is 0. The fourth-order valence-corrected chi connectivity index (χ4v) is 2.77. The molecule has 2 N–H and O–H groups in total. The number of ether oxygens (including phenoxy) is 2. The van der Waals surface area contributed by atoms with E-state index in [0.29, 0.717) is 23.1 Å². The molecular formula is C20H18ClN3O3. The molecule has 1 aliphatic heterocycles. The van der Waals surface area contributed by atoms with Gasteiger partial charge in [0.05, 0.1) is 0 Å². The lowest BCUT2D eigenvalue weighted by atomic mass is 10.1. The van der Waals surface area contributed by atoms with Crippen molar-refractivity contribution in [1.29, 1.82) is 5.26 Å². The lowest BCUT2D eigenvalue weighted by molar-refractivity contribution is -0.117. The highest BCUT2D eigenvalue weighted by Crippen LogP contribution is 2.32. The minimum atomic E-state index is -0.439. The Kier molecular flexibility index (Phi) is 6.18. The van der Waals surface area contributed by atoms with Gasteiger partial charge < -0.3 is 20.1 Å². The minimum Gasteiger partial charge on any atom is -0.454 e. The maximum Gasteiger partial charge on any atom is 0.263 e. The summed E-state index contributed by atoms with van der Waals surface area (Å²) in [6.45, 7) is 1.07. The highest BCUT2D eigenvalue weighted by Gasteiger charge is 2.14. The third-order valence-corrected chi connectivity index (χ3v) is 4.18. The molecule has 0 radical (unpaired) electrons. The molecule has 0 bridgehead atoms. The van der Waals surface area contributed by atoms with Crippen molar-refractivity contribution in [2.24, 2.45) is 0 Å². The molecule has 0 unspecified atom stereocenters. The van der Waals surface area contributed by atoms with Gasteiger partial charge in [0.2, 0.25) is 6.79 Å². The molecule has 0 fully saturated rings. The van der Waals surface area contributed by atoms with Gasteiger partial charge in [0.15, 0.2) is 11.5 Å². The van der Waals surface area contributed by atoms with Gasteiger partial charge in [-0.05, 0) is 41.8 Å². The Morgan fingerprint density at radius 2 is 2.04 bits per heavy atom. The largest absolute Gasteiger partial charge is 0.454 e. The molecule has 0 saturated heterocycles. The molecule has 7 heteroatoms. The van der Waals surface area contributed by atoms with E-state index in [1.54, 1.807) is 6.07 Å². The summed E-state index contributed by atoms with van der Waals surface area (Å²) >= 11 is 5.95. The fourth-order valence-electron chi connectivity index (χ4n) is 2.56. The first kappa shape index (κ1) is 18.6. The zero-order chi connectivity index (χ0) is 19.1. The Labute approximate surface area is 162 Å². The number of hydrogen-bond donors (Lipinski definition) is 2. The van der Waals surface area contributed by atoms with Gasteiger partial charge in [-0.15, -0.1) is 0 Å². The molecule has 0 aromatic heterocycles. The Hall–Kier alpha value is -3.17. The Morgan fingerprint density at radius 3 is 2.85 bits per heavy atom. The van der Waals surface area contributed by atoms with E-state index in [1.165, 1.54) is 6.20 Å². The summed E-state index contributed by atoms with van der Waals surface area (Å²) in [5.41, 5.74) is 1.95. The normalized spacial score (nSPS) is 12.4. The molecule has 3 rings (SSSR count). The van der Waals surface area contributed by atoms with Crippen molar-refractivity contribution in [2.75, 3.05) is 13.3 Å². The summed E-state index contributed by atoms with van der Waals surface area (Å²) in [6.07, 6.45) is 2.16. The number of rotatable bonds is 7. The van der Waals surface area contributed by atoms with E-state index in [0.717, 1.165) is 17.5 Å². The second-order valence-electron chi connectivity index (χ2n) is 5.87. The minimum absolute atomic E-state index is 0.0156. The number of benzene rings is 2. The van der Waals surface area contributed by atoms with Crippen molar-refractivity contribution in [3.63, 3.8) is 0 Å². The molecule has 1 heterocycles. The first-order valence-corrected chi connectivity index (χ1v) is 8.78. The smallest absolute Gasteiger partial charge is 0.263 e. The predicted octanol–water partition coefficient (Wildman–Crippen LogP) is 2.92. The first-order chi connectivity index (χ1) is 13.2. The van der Waals surface area contributed by atoms with Gasteiger partial charge in [0.1, 0.15) is 11.6 Å². The van der Waals surface area contributed by atoms with Crippen molar-refractivity contribution in [1.82, 2.24) is 10.6 Å². The van der Waals surface area contributed by atoms with E-state index in [4.69, 9.17) is 21.1 Å². The Balaban J connectivity index is 1.48. The van der Waals surface area contributed by atoms with Gasteiger partial charge in [-0.3, -0.25) is 4.79 Å². The van der Waals surface area contributed by atoms with Crippen molar-refractivity contribution >= 4 is 17.5 Å². The van der Waals surface area contributed by atoms with E-state index in [-0.39, 0.29) is 18.9 Å². The number of nitrogens with one attached hydrogen (secondary N) is 2. The molecule has 138 valence electrons. The van der Waals surface area contributed by atoms with Crippen LogP contribution in [0.5, 0.6) is 11.5 Å². The molecule has 1 aliphatic rings. The van der Waals surface area contributed by atoms with Crippen LogP contribution in [0.1, 0.15) is 11.1 Å². The maximum absolute atomic E-state index is 12.2. The van der Waals surface area contributed by atoms with E-state index in [1.807, 2.05) is 42.5 Å². The summed E-state index contributed by atoms with van der Waals surface area (Å²) < 4.78 is 10.6. The van der Waals surface area contributed by atoms with Crippen LogP contribution in [0.15, 0.2) is 54.2 Å². The molecule has 2 aromatic rings. The van der Waals surface area contributed by atoms with Gasteiger partial charge in [0, 0.05) is 24.3 Å². The molecule has 27 heavy (non-hydrogen) atoms. The lowest BCUT2D eigenvalue weighted by Crippen LogP contribution is -2.25. The lowest BCUT2D eigenvalue weighted by Gasteiger charge is -2.06. The van der Waals surface area contributed by atoms with Crippen molar-refractivity contribution in [2.45, 2.75) is 13.0 Å². The quantitative estimate of drug-likeness (QED) is 0.436. The number of amides is 1. The molecule has 0 aliphatic carbocycles. The number of carbonyl (C=O) groups excluding carboxylic acids is 1. The van der Waals surface area contributed by atoms with Crippen LogP contribution in [-0.4, -0.2) is 19.2 Å². The van der Waals surface area contributed by atoms with Gasteiger partial charge in [0.25, 0.3) is 5.91 Å². The van der Waals surface area contributed by atoms with Crippen LogP contribution in [-0.2, 0) is 17.8 Å². The summed E-state index contributed by atoms with van der Waals surface area (Å²) in [5, 5.41) is 15.6. The molecular weight excluding hydrogens is 366 g/mol. The van der Waals surface area contributed by atoms with Gasteiger partial charge in [-0.25, -0.2) is 0 Å². The Morgan fingerprint density at radius 1 is 1.19 bits per heavy atom. The highest BCUT2D eigenvalue weighted by molar-refractivity contribution is 6.30. The number of fused-ring (bicyclic) bond motifs is 1. The zero-order valence-electron chi connectivity index (χ0n) is 14.5. The van der Waals surface area contributed by atoms with Crippen molar-refractivity contribution in [3.8, 4) is 17.6 Å². The molecule has 0 atom stereocenters. The van der Waals surface area contributed by atoms with E-state index in [9.17, 15) is 10.1 Å². The SMILES string of the molecule is N#C/C(=C/NCCc1cccc(Cl)c1)C(=O)NCc1ccc2c(c1)OCO2. The monoisotopic (exact) mass is 383 g/mol.